The average Bonchev–Trinajstić information content (AvgIpc) is 2.70. The standard InChI is InChI=1S/2C12H12O2/c2*13-12(14)8-6-11(7-9-12)10-4-2-1-3-5-10/h2*1-8,13-14H,9H2. The zero-order valence-corrected chi connectivity index (χ0v) is 15.4. The number of allylic oxidation sites excluding steroid dienone is 4. The van der Waals surface area contributed by atoms with Gasteiger partial charge >= 0.3 is 0 Å². The molecule has 2 aromatic carbocycles. The molecular formula is C24H24O4. The summed E-state index contributed by atoms with van der Waals surface area (Å²) in [5.41, 5.74) is 4.26. The van der Waals surface area contributed by atoms with Crippen molar-refractivity contribution in [2.24, 2.45) is 0 Å². The Kier molecular flexibility index (Phi) is 6.07. The van der Waals surface area contributed by atoms with Crippen LogP contribution in [0.2, 0.25) is 0 Å². The minimum Gasteiger partial charge on any atom is -0.362 e. The fraction of sp³-hybridized carbons (Fsp3) is 0.167. The predicted octanol–water partition coefficient (Wildman–Crippen LogP) is 3.42. The molecule has 4 heteroatoms. The highest BCUT2D eigenvalue weighted by Gasteiger charge is 2.21. The van der Waals surface area contributed by atoms with E-state index in [2.05, 4.69) is 0 Å². The Morgan fingerprint density at radius 2 is 0.893 bits per heavy atom. The normalized spacial score (nSPS) is 19.1. The maximum atomic E-state index is 9.26. The predicted molar refractivity (Wildman–Crippen MR) is 111 cm³/mol. The van der Waals surface area contributed by atoms with Crippen LogP contribution in [0, 0.1) is 0 Å². The van der Waals surface area contributed by atoms with E-state index in [0.29, 0.717) is 0 Å². The van der Waals surface area contributed by atoms with Gasteiger partial charge in [-0.25, -0.2) is 0 Å². The van der Waals surface area contributed by atoms with Gasteiger partial charge in [-0.15, -0.1) is 0 Å². The molecule has 0 unspecified atom stereocenters. The van der Waals surface area contributed by atoms with Gasteiger partial charge in [0.1, 0.15) is 0 Å². The van der Waals surface area contributed by atoms with Crippen molar-refractivity contribution in [2.75, 3.05) is 0 Å². The third kappa shape index (κ3) is 5.62. The van der Waals surface area contributed by atoms with E-state index in [-0.39, 0.29) is 12.8 Å². The topological polar surface area (TPSA) is 80.9 Å². The summed E-state index contributed by atoms with van der Waals surface area (Å²) in [7, 11) is 0. The minimum absolute atomic E-state index is 0.244. The Morgan fingerprint density at radius 1 is 0.536 bits per heavy atom. The molecule has 0 saturated heterocycles. The van der Waals surface area contributed by atoms with Crippen LogP contribution in [-0.4, -0.2) is 32.0 Å². The van der Waals surface area contributed by atoms with Gasteiger partial charge in [0, 0.05) is 12.8 Å². The summed E-state index contributed by atoms with van der Waals surface area (Å²) >= 11 is 0. The highest BCUT2D eigenvalue weighted by molar-refractivity contribution is 5.75. The van der Waals surface area contributed by atoms with E-state index in [0.717, 1.165) is 22.3 Å². The molecule has 0 radical (unpaired) electrons. The molecule has 4 rings (SSSR count). The number of hydrogen-bond acceptors (Lipinski definition) is 4. The highest BCUT2D eigenvalue weighted by Crippen LogP contribution is 2.25. The van der Waals surface area contributed by atoms with Crippen molar-refractivity contribution in [3.8, 4) is 0 Å². The first-order valence-corrected chi connectivity index (χ1v) is 9.14. The van der Waals surface area contributed by atoms with Crippen LogP contribution in [0.1, 0.15) is 24.0 Å². The molecule has 0 spiro atoms. The second-order valence-corrected chi connectivity index (χ2v) is 6.88. The summed E-state index contributed by atoms with van der Waals surface area (Å²) < 4.78 is 0. The van der Waals surface area contributed by atoms with Gasteiger partial charge in [-0.2, -0.15) is 0 Å². The lowest BCUT2D eigenvalue weighted by molar-refractivity contribution is -0.115. The number of hydrogen-bond donors (Lipinski definition) is 4. The fourth-order valence-corrected chi connectivity index (χ4v) is 2.93. The molecule has 4 N–H and O–H groups in total. The maximum Gasteiger partial charge on any atom is 0.186 e. The van der Waals surface area contributed by atoms with E-state index in [1.807, 2.05) is 72.8 Å². The first-order chi connectivity index (χ1) is 13.3. The summed E-state index contributed by atoms with van der Waals surface area (Å²) in [5.74, 6) is -3.34. The van der Waals surface area contributed by atoms with E-state index in [1.165, 1.54) is 12.2 Å². The summed E-state index contributed by atoms with van der Waals surface area (Å²) in [6, 6.07) is 19.8. The smallest absolute Gasteiger partial charge is 0.186 e. The molecule has 0 bridgehead atoms. The van der Waals surface area contributed by atoms with Crippen LogP contribution in [0.25, 0.3) is 11.1 Å². The molecule has 2 aromatic rings. The second-order valence-electron chi connectivity index (χ2n) is 6.88. The van der Waals surface area contributed by atoms with E-state index in [9.17, 15) is 20.4 Å². The second kappa shape index (κ2) is 8.50. The van der Waals surface area contributed by atoms with Gasteiger partial charge in [0.15, 0.2) is 11.6 Å². The molecular weight excluding hydrogens is 352 g/mol. The molecule has 28 heavy (non-hydrogen) atoms. The van der Waals surface area contributed by atoms with Gasteiger partial charge in [0.2, 0.25) is 0 Å². The molecule has 2 aliphatic rings. The molecule has 0 heterocycles. The first-order valence-electron chi connectivity index (χ1n) is 9.14. The quantitative estimate of drug-likeness (QED) is 0.606. The van der Waals surface area contributed by atoms with Crippen LogP contribution in [0.15, 0.2) is 97.1 Å². The molecule has 144 valence electrons. The SMILES string of the molecule is OC1(O)C=CC(c2ccccc2)=CC1.OC1(O)C=CC(c2ccccc2)=CC1. The lowest BCUT2D eigenvalue weighted by atomic mass is 9.97. The summed E-state index contributed by atoms with van der Waals surface area (Å²) in [6.45, 7) is 0. The maximum absolute atomic E-state index is 9.26. The van der Waals surface area contributed by atoms with Crippen molar-refractivity contribution >= 4 is 11.1 Å². The zero-order chi connectivity index (χ0) is 20.0. The molecule has 0 atom stereocenters. The Hall–Kier alpha value is -2.76. The number of rotatable bonds is 2. The fourth-order valence-electron chi connectivity index (χ4n) is 2.93. The van der Waals surface area contributed by atoms with Crippen LogP contribution in [0.5, 0.6) is 0 Å². The summed E-state index contributed by atoms with van der Waals surface area (Å²) in [4.78, 5) is 0. The Morgan fingerprint density at radius 3 is 1.18 bits per heavy atom. The average molecular weight is 376 g/mol. The van der Waals surface area contributed by atoms with Crippen LogP contribution in [0.3, 0.4) is 0 Å². The molecule has 0 saturated carbocycles. The van der Waals surface area contributed by atoms with Crippen LogP contribution in [-0.2, 0) is 0 Å². The van der Waals surface area contributed by atoms with Crippen molar-refractivity contribution in [1.82, 2.24) is 0 Å². The number of aliphatic hydroxyl groups is 4. The lowest BCUT2D eigenvalue weighted by Gasteiger charge is -2.20. The van der Waals surface area contributed by atoms with Crippen molar-refractivity contribution in [2.45, 2.75) is 24.4 Å². The van der Waals surface area contributed by atoms with Crippen LogP contribution >= 0.6 is 0 Å². The Labute approximate surface area is 164 Å². The third-order valence-electron chi connectivity index (χ3n) is 4.52. The van der Waals surface area contributed by atoms with Gasteiger partial charge in [-0.05, 0) is 34.4 Å². The van der Waals surface area contributed by atoms with E-state index >= 15 is 0 Å². The van der Waals surface area contributed by atoms with Crippen LogP contribution in [0.4, 0.5) is 0 Å². The van der Waals surface area contributed by atoms with Gasteiger partial charge in [-0.3, -0.25) is 0 Å². The molecule has 2 aliphatic carbocycles. The van der Waals surface area contributed by atoms with E-state index in [4.69, 9.17) is 0 Å². The zero-order valence-electron chi connectivity index (χ0n) is 15.4. The Balaban J connectivity index is 0.000000161. The number of benzene rings is 2. The van der Waals surface area contributed by atoms with E-state index < -0.39 is 11.6 Å². The van der Waals surface area contributed by atoms with Crippen LogP contribution < -0.4 is 0 Å². The summed E-state index contributed by atoms with van der Waals surface area (Å²) in [5, 5.41) is 37.1. The molecule has 0 aliphatic heterocycles. The monoisotopic (exact) mass is 376 g/mol. The molecule has 0 aromatic heterocycles. The largest absolute Gasteiger partial charge is 0.362 e. The highest BCUT2D eigenvalue weighted by atomic mass is 16.5. The van der Waals surface area contributed by atoms with Crippen molar-refractivity contribution in [3.63, 3.8) is 0 Å². The minimum atomic E-state index is -1.67. The summed E-state index contributed by atoms with van der Waals surface area (Å²) in [6.07, 6.45) is 10.4. The van der Waals surface area contributed by atoms with Gasteiger partial charge in [-0.1, -0.05) is 85.0 Å². The van der Waals surface area contributed by atoms with Gasteiger partial charge in [0.05, 0.1) is 0 Å². The molecule has 0 fully saturated rings. The van der Waals surface area contributed by atoms with E-state index in [1.54, 1.807) is 12.2 Å². The van der Waals surface area contributed by atoms with Gasteiger partial charge in [0.25, 0.3) is 0 Å². The molecule has 4 nitrogen and oxygen atoms in total. The van der Waals surface area contributed by atoms with Crippen molar-refractivity contribution < 1.29 is 20.4 Å². The van der Waals surface area contributed by atoms with Crippen molar-refractivity contribution in [3.05, 3.63) is 108 Å². The lowest BCUT2D eigenvalue weighted by Crippen LogP contribution is -2.25. The van der Waals surface area contributed by atoms with Crippen molar-refractivity contribution in [1.29, 1.82) is 0 Å². The molecule has 0 amide bonds. The van der Waals surface area contributed by atoms with Gasteiger partial charge < -0.3 is 20.4 Å². The Bertz CT molecular complexity index is 827. The third-order valence-corrected chi connectivity index (χ3v) is 4.52. The first kappa shape index (κ1) is 20.0.